The molecule has 5 rings (SSSR count). The summed E-state index contributed by atoms with van der Waals surface area (Å²) in [6, 6.07) is 0. The van der Waals surface area contributed by atoms with E-state index in [9.17, 15) is 20.1 Å². The lowest BCUT2D eigenvalue weighted by molar-refractivity contribution is -0.181. The first kappa shape index (κ1) is 24.2. The van der Waals surface area contributed by atoms with Crippen LogP contribution in [-0.4, -0.2) is 49.2 Å². The average Bonchev–Trinajstić information content (AvgIpc) is 3.31. The predicted octanol–water partition coefficient (Wildman–Crippen LogP) is 3.91. The van der Waals surface area contributed by atoms with Crippen LogP contribution in [0.1, 0.15) is 89.8 Å². The molecule has 0 unspecified atom stereocenters. The molecule has 6 nitrogen and oxygen atoms in total. The van der Waals surface area contributed by atoms with Crippen LogP contribution in [0.25, 0.3) is 6.08 Å². The molecule has 7 atom stereocenters. The van der Waals surface area contributed by atoms with Crippen LogP contribution >= 0.6 is 0 Å². The van der Waals surface area contributed by atoms with Crippen molar-refractivity contribution < 1.29 is 20.1 Å². The SMILES string of the molecule is CCCCCCn1cc2c(n1)C=C1CC[C@@H]3[C@H]([C@@H](O)C[C@@]4(C)[C@H]3CC[C@]4(O)C(=O)CO)[C@@]1(C)C2. The largest absolute Gasteiger partial charge is 0.393 e. The van der Waals surface area contributed by atoms with Crippen molar-refractivity contribution in [1.29, 1.82) is 0 Å². The van der Waals surface area contributed by atoms with Crippen molar-refractivity contribution in [2.45, 2.75) is 103 Å². The lowest BCUT2D eigenvalue weighted by atomic mass is 9.45. The fourth-order valence-corrected chi connectivity index (χ4v) is 8.65. The molecule has 3 fully saturated rings. The van der Waals surface area contributed by atoms with Gasteiger partial charge in [-0.3, -0.25) is 9.48 Å². The Hall–Kier alpha value is -1.50. The third-order valence-corrected chi connectivity index (χ3v) is 10.4. The Balaban J connectivity index is 1.41. The molecule has 0 aromatic carbocycles. The normalized spacial score (nSPS) is 40.7. The first-order valence-electron chi connectivity index (χ1n) is 13.5. The van der Waals surface area contributed by atoms with Gasteiger partial charge in [0.15, 0.2) is 5.78 Å². The van der Waals surface area contributed by atoms with E-state index in [0.29, 0.717) is 12.8 Å². The lowest BCUT2D eigenvalue weighted by Crippen LogP contribution is -2.62. The molecule has 1 aromatic rings. The number of rotatable bonds is 7. The van der Waals surface area contributed by atoms with Gasteiger partial charge in [-0.1, -0.05) is 45.6 Å². The first-order valence-corrected chi connectivity index (χ1v) is 13.5. The van der Waals surface area contributed by atoms with E-state index >= 15 is 0 Å². The summed E-state index contributed by atoms with van der Waals surface area (Å²) in [4.78, 5) is 12.6. The number of nitrogens with zero attached hydrogens (tertiary/aromatic N) is 2. The summed E-state index contributed by atoms with van der Waals surface area (Å²) in [5.41, 5.74) is 1.43. The second kappa shape index (κ2) is 8.56. The highest BCUT2D eigenvalue weighted by Gasteiger charge is 2.68. The maximum atomic E-state index is 12.6. The summed E-state index contributed by atoms with van der Waals surface area (Å²) in [6.07, 6.45) is 13.2. The molecule has 188 valence electrons. The van der Waals surface area contributed by atoms with Gasteiger partial charge in [0.2, 0.25) is 0 Å². The molecule has 1 heterocycles. The zero-order valence-electron chi connectivity index (χ0n) is 21.1. The maximum Gasteiger partial charge on any atom is 0.190 e. The van der Waals surface area contributed by atoms with Gasteiger partial charge >= 0.3 is 0 Å². The molecule has 0 aliphatic heterocycles. The van der Waals surface area contributed by atoms with E-state index in [1.165, 1.54) is 30.4 Å². The van der Waals surface area contributed by atoms with E-state index in [1.807, 2.05) is 6.92 Å². The van der Waals surface area contributed by atoms with Gasteiger partial charge in [-0.05, 0) is 79.8 Å². The van der Waals surface area contributed by atoms with E-state index in [4.69, 9.17) is 5.10 Å². The Labute approximate surface area is 203 Å². The number of aliphatic hydroxyl groups is 3. The van der Waals surface area contributed by atoms with Gasteiger partial charge in [-0.25, -0.2) is 0 Å². The molecular formula is C28H42N2O4. The number of aromatic nitrogens is 2. The van der Waals surface area contributed by atoms with Crippen LogP contribution in [0, 0.1) is 28.6 Å². The van der Waals surface area contributed by atoms with Gasteiger partial charge in [-0.2, -0.15) is 5.10 Å². The van der Waals surface area contributed by atoms with Crippen LogP contribution in [0.15, 0.2) is 11.8 Å². The van der Waals surface area contributed by atoms with Crippen LogP contribution in [0.4, 0.5) is 0 Å². The molecule has 0 amide bonds. The number of fused-ring (bicyclic) bond motifs is 6. The third kappa shape index (κ3) is 3.39. The number of aliphatic hydroxyl groups excluding tert-OH is 2. The Bertz CT molecular complexity index is 985. The summed E-state index contributed by atoms with van der Waals surface area (Å²) in [5, 5.41) is 37.4. The Morgan fingerprint density at radius 3 is 2.76 bits per heavy atom. The van der Waals surface area contributed by atoms with Crippen LogP contribution in [0.5, 0.6) is 0 Å². The number of carbonyl (C=O) groups is 1. The van der Waals surface area contributed by atoms with Crippen LogP contribution in [0.3, 0.4) is 0 Å². The van der Waals surface area contributed by atoms with E-state index in [2.05, 4.69) is 30.8 Å². The van der Waals surface area contributed by atoms with Crippen molar-refractivity contribution >= 4 is 11.9 Å². The minimum Gasteiger partial charge on any atom is -0.393 e. The summed E-state index contributed by atoms with van der Waals surface area (Å²) in [5.74, 6) is 0.0714. The minimum atomic E-state index is -1.53. The van der Waals surface area contributed by atoms with Gasteiger partial charge in [0.05, 0.1) is 11.8 Å². The molecule has 0 bridgehead atoms. The van der Waals surface area contributed by atoms with Crippen LogP contribution in [-0.2, 0) is 17.8 Å². The van der Waals surface area contributed by atoms with E-state index in [1.54, 1.807) is 0 Å². The fraction of sp³-hybridized carbons (Fsp3) is 0.786. The van der Waals surface area contributed by atoms with Crippen molar-refractivity contribution in [2.24, 2.45) is 28.6 Å². The summed E-state index contributed by atoms with van der Waals surface area (Å²) in [6.45, 7) is 6.85. The van der Waals surface area contributed by atoms with Gasteiger partial charge in [0, 0.05) is 18.2 Å². The Morgan fingerprint density at radius 1 is 1.24 bits per heavy atom. The Morgan fingerprint density at radius 2 is 2.03 bits per heavy atom. The molecule has 6 heteroatoms. The number of ketones is 1. The number of hydrogen-bond acceptors (Lipinski definition) is 5. The summed E-state index contributed by atoms with van der Waals surface area (Å²) in [7, 11) is 0. The highest BCUT2D eigenvalue weighted by molar-refractivity contribution is 5.89. The fourth-order valence-electron chi connectivity index (χ4n) is 8.65. The summed E-state index contributed by atoms with van der Waals surface area (Å²) < 4.78 is 2.11. The first-order chi connectivity index (χ1) is 16.2. The molecule has 4 aliphatic carbocycles. The van der Waals surface area contributed by atoms with Crippen molar-refractivity contribution in [3.63, 3.8) is 0 Å². The highest BCUT2D eigenvalue weighted by atomic mass is 16.3. The van der Waals surface area contributed by atoms with Crippen LogP contribution < -0.4 is 0 Å². The van der Waals surface area contributed by atoms with Crippen molar-refractivity contribution in [3.05, 3.63) is 23.0 Å². The number of Topliss-reactive ketones (excluding diaryl/α,β-unsaturated/α-hetero) is 1. The van der Waals surface area contributed by atoms with Gasteiger partial charge in [0.1, 0.15) is 12.2 Å². The Kier molecular flexibility index (Phi) is 6.10. The number of unbranched alkanes of at least 4 members (excludes halogenated alkanes) is 3. The number of aryl methyl sites for hydroxylation is 1. The number of allylic oxidation sites excluding steroid dienone is 1. The highest BCUT2D eigenvalue weighted by Crippen LogP contribution is 2.67. The zero-order chi connectivity index (χ0) is 24.3. The van der Waals surface area contributed by atoms with E-state index in [-0.39, 0.29) is 23.2 Å². The standard InChI is InChI=1S/C28H42N2O4/c1-4-5-6-7-12-30-16-18-14-26(2)19(13-22(18)29-30)8-9-20-21-10-11-28(34,24(33)17-31)27(21,3)15-23(32)25(20)26/h13,16,20-21,23,25,31-32,34H,4-12,14-15,17H2,1-3H3/t20-,21-,23-,25+,26-,27-,28-/m0/s1. The van der Waals surface area contributed by atoms with Gasteiger partial charge < -0.3 is 15.3 Å². The number of hydrogen-bond donors (Lipinski definition) is 3. The lowest BCUT2D eigenvalue weighted by Gasteiger charge is -2.60. The smallest absolute Gasteiger partial charge is 0.190 e. The second-order valence-electron chi connectivity index (χ2n) is 12.1. The average molecular weight is 471 g/mol. The predicted molar refractivity (Wildman–Crippen MR) is 131 cm³/mol. The second-order valence-corrected chi connectivity index (χ2v) is 12.1. The van der Waals surface area contributed by atoms with Gasteiger partial charge in [-0.15, -0.1) is 0 Å². The topological polar surface area (TPSA) is 95.6 Å². The molecule has 0 spiro atoms. The van der Waals surface area contributed by atoms with E-state index < -0.39 is 29.5 Å². The van der Waals surface area contributed by atoms with E-state index in [0.717, 1.165) is 44.3 Å². The van der Waals surface area contributed by atoms with Crippen molar-refractivity contribution in [3.8, 4) is 0 Å². The third-order valence-electron chi connectivity index (χ3n) is 10.4. The molecular weight excluding hydrogens is 428 g/mol. The van der Waals surface area contributed by atoms with Crippen molar-refractivity contribution in [2.75, 3.05) is 6.61 Å². The molecule has 1 aromatic heterocycles. The number of carbonyl (C=O) groups excluding carboxylic acids is 1. The summed E-state index contributed by atoms with van der Waals surface area (Å²) >= 11 is 0. The molecule has 3 N–H and O–H groups in total. The quantitative estimate of drug-likeness (QED) is 0.525. The molecule has 0 radical (unpaired) electrons. The maximum absolute atomic E-state index is 12.6. The monoisotopic (exact) mass is 470 g/mol. The van der Waals surface area contributed by atoms with Crippen LogP contribution in [0.2, 0.25) is 0 Å². The van der Waals surface area contributed by atoms with Gasteiger partial charge in [0.25, 0.3) is 0 Å². The zero-order valence-corrected chi connectivity index (χ0v) is 21.1. The molecule has 4 aliphatic rings. The molecule has 34 heavy (non-hydrogen) atoms. The van der Waals surface area contributed by atoms with Crippen molar-refractivity contribution in [1.82, 2.24) is 9.78 Å². The molecule has 0 saturated heterocycles. The molecule has 3 saturated carbocycles. The minimum absolute atomic E-state index is 0.109.